The zero-order chi connectivity index (χ0) is 19.7. The fourth-order valence-corrected chi connectivity index (χ4v) is 3.41. The molecular formula is C19H21F3N4O2. The van der Waals surface area contributed by atoms with E-state index in [1.807, 2.05) is 6.07 Å². The Kier molecular flexibility index (Phi) is 5.09. The summed E-state index contributed by atoms with van der Waals surface area (Å²) in [4.78, 5) is 18.3. The van der Waals surface area contributed by atoms with Crippen molar-refractivity contribution in [2.75, 3.05) is 19.6 Å². The third-order valence-electron chi connectivity index (χ3n) is 5.08. The van der Waals surface area contributed by atoms with Crippen LogP contribution in [0.3, 0.4) is 0 Å². The van der Waals surface area contributed by atoms with Crippen molar-refractivity contribution in [3.05, 3.63) is 35.7 Å². The molecule has 9 heteroatoms. The van der Waals surface area contributed by atoms with Gasteiger partial charge in [-0.15, -0.1) is 0 Å². The summed E-state index contributed by atoms with van der Waals surface area (Å²) in [5.41, 5.74) is 1.16. The first-order valence-electron chi connectivity index (χ1n) is 9.41. The van der Waals surface area contributed by atoms with Crippen LogP contribution in [0.1, 0.15) is 47.8 Å². The van der Waals surface area contributed by atoms with E-state index in [2.05, 4.69) is 15.5 Å². The molecule has 1 saturated carbocycles. The molecule has 0 bridgehead atoms. The molecule has 1 aliphatic heterocycles. The second kappa shape index (κ2) is 7.54. The lowest BCUT2D eigenvalue weighted by Crippen LogP contribution is -2.47. The summed E-state index contributed by atoms with van der Waals surface area (Å²) in [6.07, 6.45) is -1.07. The van der Waals surface area contributed by atoms with Crippen LogP contribution in [0.15, 0.2) is 28.8 Å². The number of hydrogen-bond acceptors (Lipinski definition) is 5. The second-order valence-corrected chi connectivity index (χ2v) is 7.45. The van der Waals surface area contributed by atoms with E-state index >= 15 is 0 Å². The van der Waals surface area contributed by atoms with Gasteiger partial charge >= 0.3 is 6.18 Å². The van der Waals surface area contributed by atoms with Gasteiger partial charge in [0.2, 0.25) is 11.7 Å². The molecular weight excluding hydrogens is 373 g/mol. The average Bonchev–Trinajstić information content (AvgIpc) is 3.39. The van der Waals surface area contributed by atoms with Crippen LogP contribution in [0.2, 0.25) is 0 Å². The van der Waals surface area contributed by atoms with Gasteiger partial charge in [0, 0.05) is 36.2 Å². The molecule has 2 fully saturated rings. The number of nitrogens with one attached hydrogen (secondary N) is 1. The smallest absolute Gasteiger partial charge is 0.349 e. The summed E-state index contributed by atoms with van der Waals surface area (Å²) in [5.74, 6) is 1.20. The van der Waals surface area contributed by atoms with Crippen LogP contribution >= 0.6 is 0 Å². The summed E-state index contributed by atoms with van der Waals surface area (Å²) in [5, 5.41) is 6.91. The Labute approximate surface area is 160 Å². The van der Waals surface area contributed by atoms with E-state index in [-0.39, 0.29) is 11.9 Å². The Morgan fingerprint density at radius 2 is 1.96 bits per heavy atom. The van der Waals surface area contributed by atoms with Gasteiger partial charge in [-0.25, -0.2) is 0 Å². The van der Waals surface area contributed by atoms with Crippen LogP contribution in [-0.2, 0) is 0 Å². The highest BCUT2D eigenvalue weighted by atomic mass is 19.4. The molecule has 1 aromatic carbocycles. The van der Waals surface area contributed by atoms with Crippen molar-refractivity contribution in [3.63, 3.8) is 0 Å². The van der Waals surface area contributed by atoms with Crippen LogP contribution in [0.4, 0.5) is 13.2 Å². The lowest BCUT2D eigenvalue weighted by atomic mass is 10.0. The largest absolute Gasteiger partial charge is 0.401 e. The van der Waals surface area contributed by atoms with Crippen LogP contribution in [0.5, 0.6) is 0 Å². The van der Waals surface area contributed by atoms with Crippen molar-refractivity contribution in [2.45, 2.75) is 43.8 Å². The van der Waals surface area contributed by atoms with E-state index < -0.39 is 12.7 Å². The predicted octanol–water partition coefficient (Wildman–Crippen LogP) is 3.37. The van der Waals surface area contributed by atoms with Crippen molar-refractivity contribution in [3.8, 4) is 11.4 Å². The van der Waals surface area contributed by atoms with Crippen molar-refractivity contribution in [2.24, 2.45) is 0 Å². The van der Waals surface area contributed by atoms with Gasteiger partial charge in [0.1, 0.15) is 0 Å². The first kappa shape index (κ1) is 18.9. The number of amides is 1. The van der Waals surface area contributed by atoms with Gasteiger partial charge in [0.15, 0.2) is 0 Å². The maximum absolute atomic E-state index is 12.6. The third kappa shape index (κ3) is 4.70. The van der Waals surface area contributed by atoms with Gasteiger partial charge in [-0.05, 0) is 37.8 Å². The standard InChI is InChI=1S/C19H21F3N4O2/c20-19(21,22)11-26-8-6-15(7-9-26)23-17(27)14-3-1-2-13(10-14)16-24-18(28-25-16)12-4-5-12/h1-3,10,12,15H,4-9,11H2,(H,23,27). The molecule has 0 spiro atoms. The Balaban J connectivity index is 1.35. The highest BCUT2D eigenvalue weighted by Crippen LogP contribution is 2.39. The number of benzene rings is 1. The van der Waals surface area contributed by atoms with E-state index in [1.54, 1.807) is 18.2 Å². The number of likely N-dealkylation sites (tertiary alicyclic amines) is 1. The number of nitrogens with zero attached hydrogens (tertiary/aromatic N) is 3. The third-order valence-corrected chi connectivity index (χ3v) is 5.08. The second-order valence-electron chi connectivity index (χ2n) is 7.45. The van der Waals surface area contributed by atoms with E-state index in [4.69, 9.17) is 4.52 Å². The normalized spacial score (nSPS) is 19.0. The highest BCUT2D eigenvalue weighted by Gasteiger charge is 2.33. The number of hydrogen-bond donors (Lipinski definition) is 1. The quantitative estimate of drug-likeness (QED) is 0.842. The first-order valence-corrected chi connectivity index (χ1v) is 9.41. The monoisotopic (exact) mass is 394 g/mol. The van der Waals surface area contributed by atoms with Gasteiger partial charge < -0.3 is 9.84 Å². The number of aromatic nitrogens is 2. The summed E-state index contributed by atoms with van der Waals surface area (Å²) in [6, 6.07) is 6.83. The SMILES string of the molecule is O=C(NC1CCN(CC(F)(F)F)CC1)c1cccc(-c2noc(C3CC3)n2)c1. The Bertz CT molecular complexity index is 840. The molecule has 2 aliphatic rings. The van der Waals surface area contributed by atoms with Gasteiger partial charge in [-0.3, -0.25) is 9.69 Å². The van der Waals surface area contributed by atoms with E-state index in [1.165, 1.54) is 4.90 Å². The minimum absolute atomic E-state index is 0.132. The Morgan fingerprint density at radius 1 is 1.21 bits per heavy atom. The molecule has 0 radical (unpaired) electrons. The summed E-state index contributed by atoms with van der Waals surface area (Å²) >= 11 is 0. The van der Waals surface area contributed by atoms with E-state index in [0.717, 1.165) is 12.8 Å². The van der Waals surface area contributed by atoms with E-state index in [0.29, 0.717) is 54.7 Å². The fraction of sp³-hybridized carbons (Fsp3) is 0.526. The Hall–Kier alpha value is -2.42. The number of carbonyl (C=O) groups is 1. The molecule has 150 valence electrons. The highest BCUT2D eigenvalue weighted by molar-refractivity contribution is 5.95. The van der Waals surface area contributed by atoms with Crippen molar-refractivity contribution in [1.82, 2.24) is 20.4 Å². The van der Waals surface area contributed by atoms with Crippen molar-refractivity contribution in [1.29, 1.82) is 0 Å². The maximum atomic E-state index is 12.6. The van der Waals surface area contributed by atoms with Gasteiger partial charge in [-0.1, -0.05) is 17.3 Å². The van der Waals surface area contributed by atoms with E-state index in [9.17, 15) is 18.0 Å². The van der Waals surface area contributed by atoms with Gasteiger partial charge in [0.25, 0.3) is 5.91 Å². The number of rotatable bonds is 5. The maximum Gasteiger partial charge on any atom is 0.401 e. The lowest BCUT2D eigenvalue weighted by Gasteiger charge is -2.32. The topological polar surface area (TPSA) is 71.3 Å². The number of carbonyl (C=O) groups excluding carboxylic acids is 1. The van der Waals surface area contributed by atoms with Crippen LogP contribution in [0.25, 0.3) is 11.4 Å². The van der Waals surface area contributed by atoms with Crippen molar-refractivity contribution >= 4 is 5.91 Å². The van der Waals surface area contributed by atoms with Crippen molar-refractivity contribution < 1.29 is 22.5 Å². The van der Waals surface area contributed by atoms with Gasteiger partial charge in [0.05, 0.1) is 6.54 Å². The summed E-state index contributed by atoms with van der Waals surface area (Å²) in [7, 11) is 0. The van der Waals surface area contributed by atoms with Crippen LogP contribution < -0.4 is 5.32 Å². The number of piperidine rings is 1. The fourth-order valence-electron chi connectivity index (χ4n) is 3.41. The molecule has 1 aromatic heterocycles. The van der Waals surface area contributed by atoms with Gasteiger partial charge in [-0.2, -0.15) is 18.2 Å². The Morgan fingerprint density at radius 3 is 2.64 bits per heavy atom. The molecule has 4 rings (SSSR count). The molecule has 1 amide bonds. The van der Waals surface area contributed by atoms with Crippen LogP contribution in [0, 0.1) is 0 Å². The predicted molar refractivity (Wildman–Crippen MR) is 94.7 cm³/mol. The molecule has 2 aromatic rings. The molecule has 6 nitrogen and oxygen atoms in total. The number of halogens is 3. The molecule has 1 N–H and O–H groups in total. The minimum atomic E-state index is -4.19. The summed E-state index contributed by atoms with van der Waals surface area (Å²) in [6.45, 7) is -0.266. The number of alkyl halides is 3. The lowest BCUT2D eigenvalue weighted by molar-refractivity contribution is -0.148. The summed E-state index contributed by atoms with van der Waals surface area (Å²) < 4.78 is 42.7. The van der Waals surface area contributed by atoms with Crippen LogP contribution in [-0.4, -0.2) is 52.8 Å². The molecule has 28 heavy (non-hydrogen) atoms. The average molecular weight is 394 g/mol. The molecule has 0 unspecified atom stereocenters. The molecule has 2 heterocycles. The zero-order valence-electron chi connectivity index (χ0n) is 15.2. The molecule has 0 atom stereocenters. The zero-order valence-corrected chi connectivity index (χ0v) is 15.2. The molecule has 1 saturated heterocycles. The molecule has 1 aliphatic carbocycles. The minimum Gasteiger partial charge on any atom is -0.349 e. The first-order chi connectivity index (χ1) is 13.4.